The highest BCUT2D eigenvalue weighted by Gasteiger charge is 2.08. The van der Waals surface area contributed by atoms with Gasteiger partial charge in [0.25, 0.3) is 0 Å². The van der Waals surface area contributed by atoms with E-state index >= 15 is 0 Å². The molecule has 0 spiro atoms. The molecule has 15 heavy (non-hydrogen) atoms. The summed E-state index contributed by atoms with van der Waals surface area (Å²) >= 11 is 6.12. The third-order valence-electron chi connectivity index (χ3n) is 2.51. The van der Waals surface area contributed by atoms with Gasteiger partial charge in [0.1, 0.15) is 5.82 Å². The van der Waals surface area contributed by atoms with Crippen LogP contribution in [0.25, 0.3) is 0 Å². The summed E-state index contributed by atoms with van der Waals surface area (Å²) in [5.74, 6) is 1.63. The fourth-order valence-corrected chi connectivity index (χ4v) is 1.42. The first-order valence-electron chi connectivity index (χ1n) is 5.42. The zero-order valence-electron chi connectivity index (χ0n) is 9.70. The molecule has 0 radical (unpaired) electrons. The maximum Gasteiger partial charge on any atom is 0.109 e. The van der Waals surface area contributed by atoms with E-state index < -0.39 is 0 Å². The van der Waals surface area contributed by atoms with E-state index in [1.165, 1.54) is 0 Å². The van der Waals surface area contributed by atoms with Gasteiger partial charge in [-0.15, -0.1) is 11.6 Å². The molecule has 1 atom stereocenters. The highest BCUT2D eigenvalue weighted by atomic mass is 35.5. The summed E-state index contributed by atoms with van der Waals surface area (Å²) in [6.45, 7) is 6.07. The molecule has 1 aromatic heterocycles. The third kappa shape index (κ3) is 4.22. The van der Waals surface area contributed by atoms with Gasteiger partial charge >= 0.3 is 0 Å². The Morgan fingerprint density at radius 2 is 2.27 bits per heavy atom. The Morgan fingerprint density at radius 1 is 1.53 bits per heavy atom. The summed E-state index contributed by atoms with van der Waals surface area (Å²) in [4.78, 5) is 4.26. The van der Waals surface area contributed by atoms with Crippen molar-refractivity contribution in [1.29, 1.82) is 0 Å². The second-order valence-corrected chi connectivity index (χ2v) is 4.73. The van der Waals surface area contributed by atoms with E-state index in [4.69, 9.17) is 11.6 Å². The van der Waals surface area contributed by atoms with Crippen LogP contribution in [0.1, 0.15) is 19.7 Å². The van der Waals surface area contributed by atoms with E-state index in [9.17, 15) is 0 Å². The van der Waals surface area contributed by atoms with Crippen molar-refractivity contribution in [3.8, 4) is 0 Å². The summed E-state index contributed by atoms with van der Waals surface area (Å²) in [7, 11) is 2.01. The van der Waals surface area contributed by atoms with Gasteiger partial charge in [-0.1, -0.05) is 13.8 Å². The molecule has 3 nitrogen and oxygen atoms in total. The van der Waals surface area contributed by atoms with Crippen LogP contribution in [-0.2, 0) is 13.5 Å². The summed E-state index contributed by atoms with van der Waals surface area (Å²) in [5, 5.41) is 3.56. The maximum absolute atomic E-state index is 6.12. The summed E-state index contributed by atoms with van der Waals surface area (Å²) in [6.07, 6.45) is 4.74. The molecular weight excluding hydrogens is 210 g/mol. The average molecular weight is 230 g/mol. The van der Waals surface area contributed by atoms with E-state index in [-0.39, 0.29) is 5.38 Å². The number of aryl methyl sites for hydroxylation is 1. The minimum atomic E-state index is 0.214. The minimum Gasteiger partial charge on any atom is -0.338 e. The molecule has 0 aromatic carbocycles. The third-order valence-corrected chi connectivity index (χ3v) is 3.17. The molecule has 0 aliphatic carbocycles. The zero-order chi connectivity index (χ0) is 11.3. The topological polar surface area (TPSA) is 29.9 Å². The fourth-order valence-electron chi connectivity index (χ4n) is 1.31. The first kappa shape index (κ1) is 12.5. The standard InChI is InChI=1S/C11H20ClN3/c1-9(2)10(12)8-13-5-4-11-14-6-7-15(11)3/h6-7,9-10,13H,4-5,8H2,1-3H3. The number of hydrogen-bond acceptors (Lipinski definition) is 2. The van der Waals surface area contributed by atoms with Gasteiger partial charge in [0.15, 0.2) is 0 Å². The lowest BCUT2D eigenvalue weighted by atomic mass is 10.1. The number of imidazole rings is 1. The van der Waals surface area contributed by atoms with E-state index in [0.717, 1.165) is 25.3 Å². The zero-order valence-corrected chi connectivity index (χ0v) is 10.5. The van der Waals surface area contributed by atoms with E-state index in [2.05, 4.69) is 24.1 Å². The predicted molar refractivity (Wildman–Crippen MR) is 64.3 cm³/mol. The lowest BCUT2D eigenvalue weighted by Gasteiger charge is -2.13. The van der Waals surface area contributed by atoms with Gasteiger partial charge < -0.3 is 9.88 Å². The SMILES string of the molecule is CC(C)C(Cl)CNCCc1nccn1C. The van der Waals surface area contributed by atoms with Crippen LogP contribution in [0.15, 0.2) is 12.4 Å². The lowest BCUT2D eigenvalue weighted by molar-refractivity contribution is 0.543. The van der Waals surface area contributed by atoms with Crippen molar-refractivity contribution in [3.05, 3.63) is 18.2 Å². The van der Waals surface area contributed by atoms with E-state index in [1.54, 1.807) is 0 Å². The van der Waals surface area contributed by atoms with Crippen molar-refractivity contribution in [2.24, 2.45) is 13.0 Å². The van der Waals surface area contributed by atoms with Crippen LogP contribution in [0.2, 0.25) is 0 Å². The predicted octanol–water partition coefficient (Wildman–Crippen LogP) is 1.82. The average Bonchev–Trinajstić information content (AvgIpc) is 2.58. The van der Waals surface area contributed by atoms with Gasteiger partial charge in [-0.3, -0.25) is 0 Å². The molecule has 1 aromatic rings. The second-order valence-electron chi connectivity index (χ2n) is 4.17. The fraction of sp³-hybridized carbons (Fsp3) is 0.727. The van der Waals surface area contributed by atoms with Crippen LogP contribution in [0.3, 0.4) is 0 Å². The maximum atomic E-state index is 6.12. The molecule has 0 aliphatic rings. The van der Waals surface area contributed by atoms with Crippen LogP contribution in [0, 0.1) is 5.92 Å². The Labute approximate surface area is 96.8 Å². The normalized spacial score (nSPS) is 13.4. The Bertz CT molecular complexity index is 283. The number of hydrogen-bond donors (Lipinski definition) is 1. The van der Waals surface area contributed by atoms with Crippen molar-refractivity contribution in [2.45, 2.75) is 25.6 Å². The van der Waals surface area contributed by atoms with Gasteiger partial charge in [0.2, 0.25) is 0 Å². The smallest absolute Gasteiger partial charge is 0.109 e. The quantitative estimate of drug-likeness (QED) is 0.596. The van der Waals surface area contributed by atoms with Gasteiger partial charge in [0, 0.05) is 44.3 Å². The second kappa shape index (κ2) is 6.13. The molecule has 1 heterocycles. The first-order valence-corrected chi connectivity index (χ1v) is 5.86. The molecule has 0 aliphatic heterocycles. The molecule has 4 heteroatoms. The highest BCUT2D eigenvalue weighted by molar-refractivity contribution is 6.20. The highest BCUT2D eigenvalue weighted by Crippen LogP contribution is 2.07. The monoisotopic (exact) mass is 229 g/mol. The molecule has 0 saturated carbocycles. The summed E-state index contributed by atoms with van der Waals surface area (Å²) < 4.78 is 2.04. The molecule has 1 N–H and O–H groups in total. The number of nitrogens with zero attached hydrogens (tertiary/aromatic N) is 2. The van der Waals surface area contributed by atoms with E-state index in [0.29, 0.717) is 5.92 Å². The van der Waals surface area contributed by atoms with Gasteiger partial charge in [0.05, 0.1) is 0 Å². The number of alkyl halides is 1. The Balaban J connectivity index is 2.15. The van der Waals surface area contributed by atoms with E-state index in [1.807, 2.05) is 24.0 Å². The van der Waals surface area contributed by atoms with Gasteiger partial charge in [-0.25, -0.2) is 4.98 Å². The lowest BCUT2D eigenvalue weighted by Crippen LogP contribution is -2.28. The van der Waals surface area contributed by atoms with Crippen LogP contribution in [0.4, 0.5) is 0 Å². The number of nitrogens with one attached hydrogen (secondary N) is 1. The van der Waals surface area contributed by atoms with Crippen molar-refractivity contribution >= 4 is 11.6 Å². The molecule has 0 bridgehead atoms. The summed E-state index contributed by atoms with van der Waals surface area (Å²) in [5.41, 5.74) is 0. The number of rotatable bonds is 6. The van der Waals surface area contributed by atoms with Crippen molar-refractivity contribution in [3.63, 3.8) is 0 Å². The molecule has 0 fully saturated rings. The summed E-state index contributed by atoms with van der Waals surface area (Å²) in [6, 6.07) is 0. The largest absolute Gasteiger partial charge is 0.338 e. The Kier molecular flexibility index (Phi) is 5.12. The van der Waals surface area contributed by atoms with Crippen LogP contribution >= 0.6 is 11.6 Å². The van der Waals surface area contributed by atoms with Crippen molar-refractivity contribution in [1.82, 2.24) is 14.9 Å². The molecular formula is C11H20ClN3. The van der Waals surface area contributed by atoms with Crippen LogP contribution in [0.5, 0.6) is 0 Å². The Morgan fingerprint density at radius 3 is 2.80 bits per heavy atom. The molecule has 0 amide bonds. The minimum absolute atomic E-state index is 0.214. The molecule has 1 rings (SSSR count). The van der Waals surface area contributed by atoms with Crippen molar-refractivity contribution in [2.75, 3.05) is 13.1 Å². The first-order chi connectivity index (χ1) is 7.11. The number of halogens is 1. The number of aromatic nitrogens is 2. The molecule has 1 unspecified atom stereocenters. The van der Waals surface area contributed by atoms with Crippen LogP contribution < -0.4 is 5.32 Å². The van der Waals surface area contributed by atoms with Gasteiger partial charge in [-0.05, 0) is 5.92 Å². The Hall–Kier alpha value is -0.540. The molecule has 0 saturated heterocycles. The molecule has 86 valence electrons. The van der Waals surface area contributed by atoms with Crippen LogP contribution in [-0.4, -0.2) is 28.0 Å². The van der Waals surface area contributed by atoms with Gasteiger partial charge in [-0.2, -0.15) is 0 Å². The van der Waals surface area contributed by atoms with Crippen molar-refractivity contribution < 1.29 is 0 Å².